The van der Waals surface area contributed by atoms with Gasteiger partial charge in [-0.25, -0.2) is 21.6 Å². The van der Waals surface area contributed by atoms with Crippen LogP contribution in [0.4, 0.5) is 0 Å². The Kier molecular flexibility index (Phi) is 4.94. The highest BCUT2D eigenvalue weighted by molar-refractivity contribution is 8.13. The summed E-state index contributed by atoms with van der Waals surface area (Å²) in [5.41, 5.74) is 0. The van der Waals surface area contributed by atoms with Gasteiger partial charge in [-0.15, -0.1) is 0 Å². The van der Waals surface area contributed by atoms with Gasteiger partial charge < -0.3 is 4.74 Å². The van der Waals surface area contributed by atoms with Crippen molar-refractivity contribution in [2.24, 2.45) is 5.92 Å². The highest BCUT2D eigenvalue weighted by Gasteiger charge is 2.27. The minimum atomic E-state index is -3.97. The van der Waals surface area contributed by atoms with E-state index in [2.05, 4.69) is 4.72 Å². The van der Waals surface area contributed by atoms with Crippen molar-refractivity contribution in [3.8, 4) is 0 Å². The third-order valence-electron chi connectivity index (χ3n) is 3.41. The number of hydrogen-bond donors (Lipinski definition) is 1. The van der Waals surface area contributed by atoms with Crippen LogP contribution in [0.3, 0.4) is 0 Å². The molecule has 9 heteroatoms. The van der Waals surface area contributed by atoms with Crippen molar-refractivity contribution in [1.29, 1.82) is 0 Å². The first-order valence-corrected chi connectivity index (χ1v) is 10.1. The van der Waals surface area contributed by atoms with E-state index in [0.717, 1.165) is 12.5 Å². The molecular formula is C12H16ClNO5S2. The Morgan fingerprint density at radius 3 is 2.52 bits per heavy atom. The van der Waals surface area contributed by atoms with Crippen LogP contribution in [0.1, 0.15) is 13.3 Å². The SMILES string of the molecule is CC(NS(=O)(=O)c1cccc(S(=O)(=O)Cl)c1)C1CCOC1. The fourth-order valence-electron chi connectivity index (χ4n) is 2.15. The molecule has 2 rings (SSSR count). The number of sulfonamides is 1. The van der Waals surface area contributed by atoms with Crippen molar-refractivity contribution in [3.63, 3.8) is 0 Å². The Bertz CT molecular complexity index is 711. The van der Waals surface area contributed by atoms with E-state index in [9.17, 15) is 16.8 Å². The topological polar surface area (TPSA) is 89.5 Å². The van der Waals surface area contributed by atoms with Crippen LogP contribution in [0.5, 0.6) is 0 Å². The van der Waals surface area contributed by atoms with E-state index in [1.807, 2.05) is 0 Å². The van der Waals surface area contributed by atoms with Crippen LogP contribution in [-0.2, 0) is 23.8 Å². The van der Waals surface area contributed by atoms with Gasteiger partial charge in [0.15, 0.2) is 0 Å². The average Bonchev–Trinajstić information content (AvgIpc) is 2.91. The number of ether oxygens (including phenoxy) is 1. The van der Waals surface area contributed by atoms with Gasteiger partial charge in [0.05, 0.1) is 16.4 Å². The number of rotatable bonds is 5. The lowest BCUT2D eigenvalue weighted by Crippen LogP contribution is -2.38. The van der Waals surface area contributed by atoms with E-state index < -0.39 is 19.1 Å². The van der Waals surface area contributed by atoms with Gasteiger partial charge in [0.25, 0.3) is 9.05 Å². The summed E-state index contributed by atoms with van der Waals surface area (Å²) in [6.07, 6.45) is 0.791. The summed E-state index contributed by atoms with van der Waals surface area (Å²) in [6, 6.07) is 4.66. The molecule has 1 saturated heterocycles. The van der Waals surface area contributed by atoms with Crippen molar-refractivity contribution in [2.75, 3.05) is 13.2 Å². The van der Waals surface area contributed by atoms with Crippen LogP contribution in [0.15, 0.2) is 34.1 Å². The molecule has 0 bridgehead atoms. The van der Waals surface area contributed by atoms with Gasteiger partial charge >= 0.3 is 0 Å². The molecule has 1 aromatic carbocycles. The van der Waals surface area contributed by atoms with Crippen LogP contribution >= 0.6 is 10.7 Å². The fraction of sp³-hybridized carbons (Fsp3) is 0.500. The summed E-state index contributed by atoms with van der Waals surface area (Å²) in [5, 5.41) is 0. The van der Waals surface area contributed by atoms with Gasteiger partial charge in [0.2, 0.25) is 10.0 Å². The molecule has 2 unspecified atom stereocenters. The van der Waals surface area contributed by atoms with Crippen LogP contribution in [0.25, 0.3) is 0 Å². The second-order valence-electron chi connectivity index (χ2n) is 4.95. The summed E-state index contributed by atoms with van der Waals surface area (Å²) >= 11 is 0. The molecule has 2 atom stereocenters. The fourth-order valence-corrected chi connectivity index (χ4v) is 4.38. The normalized spacial score (nSPS) is 21.3. The first-order chi connectivity index (χ1) is 9.70. The summed E-state index contributed by atoms with van der Waals surface area (Å²) in [4.78, 5) is -0.376. The minimum Gasteiger partial charge on any atom is -0.381 e. The molecule has 0 aliphatic carbocycles. The maximum absolute atomic E-state index is 12.3. The summed E-state index contributed by atoms with van der Waals surface area (Å²) in [7, 11) is -2.55. The Labute approximate surface area is 128 Å². The summed E-state index contributed by atoms with van der Waals surface area (Å²) < 4.78 is 54.9. The molecule has 21 heavy (non-hydrogen) atoms. The molecule has 1 aliphatic rings. The largest absolute Gasteiger partial charge is 0.381 e. The zero-order valence-corrected chi connectivity index (χ0v) is 13.7. The van der Waals surface area contributed by atoms with Crippen molar-refractivity contribution >= 4 is 29.8 Å². The van der Waals surface area contributed by atoms with E-state index in [1.165, 1.54) is 18.2 Å². The molecule has 1 fully saturated rings. The van der Waals surface area contributed by atoms with Crippen LogP contribution in [0.2, 0.25) is 0 Å². The lowest BCUT2D eigenvalue weighted by atomic mass is 10.0. The van der Waals surface area contributed by atoms with Crippen LogP contribution in [-0.4, -0.2) is 36.1 Å². The zero-order valence-electron chi connectivity index (χ0n) is 11.3. The van der Waals surface area contributed by atoms with Crippen LogP contribution in [0, 0.1) is 5.92 Å². The van der Waals surface area contributed by atoms with E-state index in [-0.39, 0.29) is 21.8 Å². The second kappa shape index (κ2) is 6.21. The molecule has 0 radical (unpaired) electrons. The second-order valence-corrected chi connectivity index (χ2v) is 9.23. The molecule has 6 nitrogen and oxygen atoms in total. The number of nitrogens with one attached hydrogen (secondary N) is 1. The summed E-state index contributed by atoms with van der Waals surface area (Å²) in [6.45, 7) is 2.90. The highest BCUT2D eigenvalue weighted by atomic mass is 35.7. The molecule has 0 spiro atoms. The van der Waals surface area contributed by atoms with Gasteiger partial charge in [-0.1, -0.05) is 6.07 Å². The van der Waals surface area contributed by atoms with Crippen molar-refractivity contribution in [1.82, 2.24) is 4.72 Å². The number of halogens is 1. The Balaban J connectivity index is 2.23. The average molecular weight is 354 g/mol. The predicted octanol–water partition coefficient (Wildman–Crippen LogP) is 1.32. The van der Waals surface area contributed by atoms with Gasteiger partial charge in [0, 0.05) is 29.2 Å². The molecule has 0 aromatic heterocycles. The smallest absolute Gasteiger partial charge is 0.261 e. The highest BCUT2D eigenvalue weighted by Crippen LogP contribution is 2.21. The van der Waals surface area contributed by atoms with Gasteiger partial charge in [-0.05, 0) is 31.5 Å². The Hall–Kier alpha value is -0.670. The first kappa shape index (κ1) is 16.7. The van der Waals surface area contributed by atoms with Crippen LogP contribution < -0.4 is 4.72 Å². The zero-order chi connectivity index (χ0) is 15.7. The summed E-state index contributed by atoms with van der Waals surface area (Å²) in [5.74, 6) is 0.111. The maximum Gasteiger partial charge on any atom is 0.261 e. The van der Waals surface area contributed by atoms with E-state index in [0.29, 0.717) is 13.2 Å². The van der Waals surface area contributed by atoms with Gasteiger partial charge in [-0.2, -0.15) is 0 Å². The molecule has 1 aliphatic heterocycles. The monoisotopic (exact) mass is 353 g/mol. The number of hydrogen-bond acceptors (Lipinski definition) is 5. The molecule has 1 N–H and O–H groups in total. The van der Waals surface area contributed by atoms with Gasteiger partial charge in [-0.3, -0.25) is 0 Å². The standard InChI is InChI=1S/C12H16ClNO5S2/c1-9(10-5-6-19-8-10)14-21(17,18)12-4-2-3-11(7-12)20(13,15)16/h2-4,7,9-10,14H,5-6,8H2,1H3. The molecule has 1 aromatic rings. The number of benzene rings is 1. The van der Waals surface area contributed by atoms with E-state index >= 15 is 0 Å². The van der Waals surface area contributed by atoms with Gasteiger partial charge in [0.1, 0.15) is 0 Å². The Morgan fingerprint density at radius 2 is 1.95 bits per heavy atom. The maximum atomic E-state index is 12.3. The lowest BCUT2D eigenvalue weighted by molar-refractivity contribution is 0.180. The molecular weight excluding hydrogens is 338 g/mol. The molecule has 0 amide bonds. The predicted molar refractivity (Wildman–Crippen MR) is 78.2 cm³/mol. The Morgan fingerprint density at radius 1 is 1.29 bits per heavy atom. The van der Waals surface area contributed by atoms with E-state index in [4.69, 9.17) is 15.4 Å². The lowest BCUT2D eigenvalue weighted by Gasteiger charge is -2.19. The molecule has 118 valence electrons. The quantitative estimate of drug-likeness (QED) is 0.806. The minimum absolute atomic E-state index is 0.111. The van der Waals surface area contributed by atoms with Crippen molar-refractivity contribution in [3.05, 3.63) is 24.3 Å². The molecule has 0 saturated carbocycles. The molecule has 1 heterocycles. The third kappa shape index (κ3) is 4.17. The first-order valence-electron chi connectivity index (χ1n) is 6.35. The van der Waals surface area contributed by atoms with Crippen molar-refractivity contribution < 1.29 is 21.6 Å². The van der Waals surface area contributed by atoms with E-state index in [1.54, 1.807) is 6.92 Å². The van der Waals surface area contributed by atoms with Crippen molar-refractivity contribution in [2.45, 2.75) is 29.2 Å². The third-order valence-corrected chi connectivity index (χ3v) is 6.32.